The first-order valence-electron chi connectivity index (χ1n) is 4.62. The van der Waals surface area contributed by atoms with Gasteiger partial charge in [-0.3, -0.25) is 9.59 Å². The summed E-state index contributed by atoms with van der Waals surface area (Å²) in [6.07, 6.45) is 0. The summed E-state index contributed by atoms with van der Waals surface area (Å²) in [7, 11) is 0. The predicted molar refractivity (Wildman–Crippen MR) is 58.7 cm³/mol. The number of benzene rings is 1. The van der Waals surface area contributed by atoms with Gasteiger partial charge in [0, 0.05) is 5.56 Å². The molecule has 0 spiro atoms. The minimum atomic E-state index is -2.50. The molecular formula is C11H7ClFNO4. The Morgan fingerprint density at radius 2 is 1.89 bits per heavy atom. The van der Waals surface area contributed by atoms with Crippen molar-refractivity contribution in [2.45, 2.75) is 12.3 Å². The van der Waals surface area contributed by atoms with Crippen LogP contribution in [0.4, 0.5) is 4.39 Å². The molecule has 7 heteroatoms. The van der Waals surface area contributed by atoms with Gasteiger partial charge in [-0.05, 0) is 19.1 Å². The molecule has 18 heavy (non-hydrogen) atoms. The van der Waals surface area contributed by atoms with Gasteiger partial charge in [0.2, 0.25) is 0 Å². The number of nitrogens with zero attached hydrogens (tertiary/aromatic N) is 1. The molecule has 0 heterocycles. The lowest BCUT2D eigenvalue weighted by molar-refractivity contribution is -0.156. The summed E-state index contributed by atoms with van der Waals surface area (Å²) in [6.45, 7) is 0.846. The van der Waals surface area contributed by atoms with Crippen LogP contribution in [-0.2, 0) is 15.0 Å². The van der Waals surface area contributed by atoms with E-state index in [-0.39, 0.29) is 5.56 Å². The smallest absolute Gasteiger partial charge is 0.325 e. The molecule has 0 aliphatic carbocycles. The summed E-state index contributed by atoms with van der Waals surface area (Å²) in [5.41, 5.74) is -3.36. The van der Waals surface area contributed by atoms with E-state index in [4.69, 9.17) is 27.1 Å². The molecular weight excluding hydrogens is 265 g/mol. The zero-order valence-electron chi connectivity index (χ0n) is 9.07. The molecule has 0 aliphatic heterocycles. The highest BCUT2D eigenvalue weighted by molar-refractivity contribution is 6.32. The molecule has 0 aromatic heterocycles. The number of halogens is 2. The first-order valence-corrected chi connectivity index (χ1v) is 5.00. The van der Waals surface area contributed by atoms with Gasteiger partial charge in [-0.25, -0.2) is 4.39 Å². The molecule has 5 nitrogen and oxygen atoms in total. The van der Waals surface area contributed by atoms with E-state index in [9.17, 15) is 14.0 Å². The largest absolute Gasteiger partial charge is 0.480 e. The van der Waals surface area contributed by atoms with Gasteiger partial charge in [0.05, 0.1) is 16.7 Å². The van der Waals surface area contributed by atoms with Crippen LogP contribution in [0.15, 0.2) is 12.1 Å². The van der Waals surface area contributed by atoms with Crippen molar-refractivity contribution in [1.29, 1.82) is 5.26 Å². The topological polar surface area (TPSA) is 98.4 Å². The standard InChI is InChI=1S/C11H7ClFNO4/c1-11(9(15)16,10(17)18)7-5(4-14)2-3-6(13)8(7)12/h2-3H,1H3,(H,15,16)(H,17,18). The Labute approximate surface area is 106 Å². The van der Waals surface area contributed by atoms with E-state index in [2.05, 4.69) is 0 Å². The van der Waals surface area contributed by atoms with E-state index in [0.717, 1.165) is 19.1 Å². The van der Waals surface area contributed by atoms with E-state index in [1.54, 1.807) is 6.07 Å². The summed E-state index contributed by atoms with van der Waals surface area (Å²) >= 11 is 5.60. The summed E-state index contributed by atoms with van der Waals surface area (Å²) in [5.74, 6) is -4.46. The van der Waals surface area contributed by atoms with Gasteiger partial charge in [-0.15, -0.1) is 0 Å². The minimum Gasteiger partial charge on any atom is -0.480 e. The van der Waals surface area contributed by atoms with E-state index >= 15 is 0 Å². The SMILES string of the molecule is CC(C(=O)O)(C(=O)O)c1c(C#N)ccc(F)c1Cl. The second kappa shape index (κ2) is 4.63. The molecule has 0 fully saturated rings. The van der Waals surface area contributed by atoms with Crippen LogP contribution in [0.5, 0.6) is 0 Å². The van der Waals surface area contributed by atoms with Crippen molar-refractivity contribution >= 4 is 23.5 Å². The molecule has 1 aromatic rings. The summed E-state index contributed by atoms with van der Waals surface area (Å²) in [4.78, 5) is 22.2. The number of hydrogen-bond donors (Lipinski definition) is 2. The zero-order valence-corrected chi connectivity index (χ0v) is 9.82. The van der Waals surface area contributed by atoms with Crippen molar-refractivity contribution in [1.82, 2.24) is 0 Å². The molecule has 0 saturated heterocycles. The lowest BCUT2D eigenvalue weighted by atomic mass is 9.80. The lowest BCUT2D eigenvalue weighted by Gasteiger charge is -2.22. The third-order valence-electron chi connectivity index (χ3n) is 2.57. The maximum absolute atomic E-state index is 13.3. The molecule has 1 rings (SSSR count). The number of rotatable bonds is 3. The minimum absolute atomic E-state index is 0.297. The Morgan fingerprint density at radius 3 is 2.28 bits per heavy atom. The Balaban J connectivity index is 3.78. The Hall–Kier alpha value is -2.13. The number of carbonyl (C=O) groups is 2. The van der Waals surface area contributed by atoms with Crippen LogP contribution >= 0.6 is 11.6 Å². The van der Waals surface area contributed by atoms with Crippen LogP contribution in [0.3, 0.4) is 0 Å². The van der Waals surface area contributed by atoms with Crippen molar-refractivity contribution in [3.8, 4) is 6.07 Å². The second-order valence-electron chi connectivity index (χ2n) is 3.63. The van der Waals surface area contributed by atoms with Gasteiger partial charge in [0.15, 0.2) is 5.41 Å². The fourth-order valence-corrected chi connectivity index (χ4v) is 1.79. The average molecular weight is 272 g/mol. The summed E-state index contributed by atoms with van der Waals surface area (Å²) < 4.78 is 13.3. The molecule has 1 aromatic carbocycles. The van der Waals surface area contributed by atoms with Gasteiger partial charge in [0.1, 0.15) is 5.82 Å². The monoisotopic (exact) mass is 271 g/mol. The molecule has 0 aliphatic rings. The van der Waals surface area contributed by atoms with Crippen LogP contribution < -0.4 is 0 Å². The number of hydrogen-bond acceptors (Lipinski definition) is 3. The lowest BCUT2D eigenvalue weighted by Crippen LogP contribution is -2.41. The van der Waals surface area contributed by atoms with Gasteiger partial charge in [-0.1, -0.05) is 11.6 Å². The number of carboxylic acids is 2. The summed E-state index contributed by atoms with van der Waals surface area (Å²) in [5, 5.41) is 26.2. The van der Waals surface area contributed by atoms with Crippen LogP contribution in [0.1, 0.15) is 18.1 Å². The van der Waals surface area contributed by atoms with E-state index < -0.39 is 33.8 Å². The quantitative estimate of drug-likeness (QED) is 0.817. The number of nitriles is 1. The van der Waals surface area contributed by atoms with Crippen LogP contribution in [0.2, 0.25) is 5.02 Å². The van der Waals surface area contributed by atoms with Crippen LogP contribution in [-0.4, -0.2) is 22.2 Å². The maximum atomic E-state index is 13.3. The van der Waals surface area contributed by atoms with E-state index in [1.165, 1.54) is 0 Å². The molecule has 94 valence electrons. The molecule has 2 N–H and O–H groups in total. The fourth-order valence-electron chi connectivity index (χ4n) is 1.44. The normalized spacial score (nSPS) is 10.8. The molecule has 0 amide bonds. The highest BCUT2D eigenvalue weighted by atomic mass is 35.5. The molecule has 0 atom stereocenters. The molecule has 0 saturated carbocycles. The van der Waals surface area contributed by atoms with Gasteiger partial charge >= 0.3 is 11.9 Å². The van der Waals surface area contributed by atoms with Crippen molar-refractivity contribution in [2.75, 3.05) is 0 Å². The zero-order chi connectivity index (χ0) is 14.1. The van der Waals surface area contributed by atoms with Gasteiger partial charge < -0.3 is 10.2 Å². The van der Waals surface area contributed by atoms with Crippen molar-refractivity contribution in [3.05, 3.63) is 34.1 Å². The second-order valence-corrected chi connectivity index (χ2v) is 4.01. The first kappa shape index (κ1) is 13.9. The third kappa shape index (κ3) is 1.89. The molecule has 0 radical (unpaired) electrons. The van der Waals surface area contributed by atoms with Gasteiger partial charge in [0.25, 0.3) is 0 Å². The van der Waals surface area contributed by atoms with E-state index in [1.807, 2.05) is 0 Å². The third-order valence-corrected chi connectivity index (χ3v) is 2.94. The van der Waals surface area contributed by atoms with Crippen molar-refractivity contribution < 1.29 is 24.2 Å². The average Bonchev–Trinajstić information content (AvgIpc) is 2.30. The fraction of sp³-hybridized carbons (Fsp3) is 0.182. The van der Waals surface area contributed by atoms with Crippen LogP contribution in [0.25, 0.3) is 0 Å². The first-order chi connectivity index (χ1) is 8.26. The Morgan fingerprint density at radius 1 is 1.39 bits per heavy atom. The van der Waals surface area contributed by atoms with Crippen LogP contribution in [0, 0.1) is 17.1 Å². The molecule has 0 bridgehead atoms. The van der Waals surface area contributed by atoms with E-state index in [0.29, 0.717) is 0 Å². The van der Waals surface area contributed by atoms with Crippen molar-refractivity contribution in [3.63, 3.8) is 0 Å². The maximum Gasteiger partial charge on any atom is 0.325 e. The predicted octanol–water partition coefficient (Wildman–Crippen LogP) is 1.78. The van der Waals surface area contributed by atoms with Gasteiger partial charge in [-0.2, -0.15) is 5.26 Å². The Bertz CT molecular complexity index is 565. The number of carboxylic acid groups (broad SMARTS) is 2. The summed E-state index contributed by atoms with van der Waals surface area (Å²) in [6, 6.07) is 3.46. The van der Waals surface area contributed by atoms with Crippen molar-refractivity contribution in [2.24, 2.45) is 0 Å². The highest BCUT2D eigenvalue weighted by Gasteiger charge is 2.47. The Kier molecular flexibility index (Phi) is 3.58. The molecule has 0 unspecified atom stereocenters. The highest BCUT2D eigenvalue weighted by Crippen LogP contribution is 2.35. The number of aliphatic carboxylic acids is 2.